The first kappa shape index (κ1) is 25.2. The van der Waals surface area contributed by atoms with E-state index in [1.807, 2.05) is 0 Å². The maximum Gasteiger partial charge on any atom is 0.275 e. The van der Waals surface area contributed by atoms with Crippen LogP contribution in [0.4, 0.5) is 4.39 Å². The zero-order valence-corrected chi connectivity index (χ0v) is 21.3. The van der Waals surface area contributed by atoms with E-state index in [-0.39, 0.29) is 31.3 Å². The van der Waals surface area contributed by atoms with Crippen molar-refractivity contribution in [3.63, 3.8) is 0 Å². The molecule has 0 radical (unpaired) electrons. The first-order chi connectivity index (χ1) is 17.9. The summed E-state index contributed by atoms with van der Waals surface area (Å²) in [6.45, 7) is 1.70. The van der Waals surface area contributed by atoms with E-state index >= 15 is 0 Å². The molecule has 194 valence electrons. The summed E-state index contributed by atoms with van der Waals surface area (Å²) in [5.74, 6) is -0.252. The fraction of sp³-hybridized carbons (Fsp3) is 0.370. The van der Waals surface area contributed by atoms with Gasteiger partial charge in [0.25, 0.3) is 5.91 Å². The second kappa shape index (κ2) is 10.9. The van der Waals surface area contributed by atoms with Gasteiger partial charge in [0.2, 0.25) is 5.91 Å². The van der Waals surface area contributed by atoms with Crippen LogP contribution in [0.2, 0.25) is 5.02 Å². The van der Waals surface area contributed by atoms with Crippen LogP contribution >= 0.6 is 11.6 Å². The molecule has 3 heterocycles. The van der Waals surface area contributed by atoms with Gasteiger partial charge in [-0.25, -0.2) is 4.39 Å². The smallest absolute Gasteiger partial charge is 0.275 e. The Morgan fingerprint density at radius 2 is 2.00 bits per heavy atom. The second-order valence-corrected chi connectivity index (χ2v) is 9.78. The Hall–Kier alpha value is -3.43. The van der Waals surface area contributed by atoms with Gasteiger partial charge in [0, 0.05) is 55.1 Å². The molecule has 8 nitrogen and oxygen atoms in total. The highest BCUT2D eigenvalue weighted by atomic mass is 35.5. The van der Waals surface area contributed by atoms with Gasteiger partial charge in [-0.1, -0.05) is 29.8 Å². The third-order valence-corrected chi connectivity index (χ3v) is 7.02. The predicted octanol–water partition coefficient (Wildman–Crippen LogP) is 3.96. The molecule has 0 bridgehead atoms. The standard InChI is InChI=1S/C27H28ClFN4O4/c1-32-26-20-12-19(28)6-7-23(20)37-16-21(26)25(31-32)27(35)33(14-18-4-2-3-5-22(18)29)15-24(34)30-13-17-8-10-36-11-9-17/h2-7,12,17H,8-11,13-16H2,1H3,(H,30,34). The van der Waals surface area contributed by atoms with Crippen LogP contribution in [-0.4, -0.2) is 52.8 Å². The fourth-order valence-electron chi connectivity index (χ4n) is 4.80. The molecular weight excluding hydrogens is 499 g/mol. The Kier molecular flexibility index (Phi) is 7.43. The number of hydrogen-bond acceptors (Lipinski definition) is 5. The van der Waals surface area contributed by atoms with Crippen LogP contribution in [0, 0.1) is 11.7 Å². The number of nitrogens with zero attached hydrogens (tertiary/aromatic N) is 3. The minimum absolute atomic E-state index is 0.0786. The number of benzene rings is 2. The van der Waals surface area contributed by atoms with Gasteiger partial charge in [0.05, 0.1) is 5.69 Å². The third kappa shape index (κ3) is 5.47. The van der Waals surface area contributed by atoms with Crippen LogP contribution in [0.15, 0.2) is 42.5 Å². The Labute approximate surface area is 219 Å². The Morgan fingerprint density at radius 3 is 2.78 bits per heavy atom. The van der Waals surface area contributed by atoms with Crippen LogP contribution in [-0.2, 0) is 29.7 Å². The van der Waals surface area contributed by atoms with Gasteiger partial charge in [0.15, 0.2) is 5.69 Å². The average Bonchev–Trinajstić information content (AvgIpc) is 3.25. The maximum atomic E-state index is 14.5. The summed E-state index contributed by atoms with van der Waals surface area (Å²) < 4.78 is 27.4. The minimum Gasteiger partial charge on any atom is -0.488 e. The topological polar surface area (TPSA) is 85.7 Å². The summed E-state index contributed by atoms with van der Waals surface area (Å²) in [5, 5.41) is 7.96. The molecule has 0 spiro atoms. The fourth-order valence-corrected chi connectivity index (χ4v) is 4.97. The number of rotatable bonds is 7. The van der Waals surface area contributed by atoms with Crippen LogP contribution < -0.4 is 10.1 Å². The highest BCUT2D eigenvalue weighted by Crippen LogP contribution is 2.40. The quantitative estimate of drug-likeness (QED) is 0.504. The molecule has 10 heteroatoms. The molecule has 1 saturated heterocycles. The number of amides is 2. The Morgan fingerprint density at radius 1 is 1.22 bits per heavy atom. The number of carbonyl (C=O) groups excluding carboxylic acids is 2. The highest BCUT2D eigenvalue weighted by molar-refractivity contribution is 6.31. The maximum absolute atomic E-state index is 14.5. The Balaban J connectivity index is 1.41. The summed E-state index contributed by atoms with van der Waals surface area (Å²) in [4.78, 5) is 28.1. The van der Waals surface area contributed by atoms with Crippen LogP contribution in [0.3, 0.4) is 0 Å². The van der Waals surface area contributed by atoms with E-state index in [9.17, 15) is 14.0 Å². The molecule has 5 rings (SSSR count). The van der Waals surface area contributed by atoms with Gasteiger partial charge < -0.3 is 19.7 Å². The molecule has 0 saturated carbocycles. The molecule has 2 aromatic carbocycles. The van der Waals surface area contributed by atoms with Crippen molar-refractivity contribution in [2.75, 3.05) is 26.3 Å². The lowest BCUT2D eigenvalue weighted by Gasteiger charge is -2.25. The monoisotopic (exact) mass is 526 g/mol. The molecule has 0 aliphatic carbocycles. The molecule has 3 aromatic rings. The number of aromatic nitrogens is 2. The lowest BCUT2D eigenvalue weighted by Crippen LogP contribution is -2.42. The molecule has 2 aliphatic rings. The summed E-state index contributed by atoms with van der Waals surface area (Å²) >= 11 is 6.22. The van der Waals surface area contributed by atoms with Crippen molar-refractivity contribution in [1.29, 1.82) is 0 Å². The van der Waals surface area contributed by atoms with E-state index in [2.05, 4.69) is 10.4 Å². The number of carbonyl (C=O) groups is 2. The molecule has 2 amide bonds. The lowest BCUT2D eigenvalue weighted by molar-refractivity contribution is -0.122. The minimum atomic E-state index is -0.476. The predicted molar refractivity (Wildman–Crippen MR) is 136 cm³/mol. The van der Waals surface area contributed by atoms with Gasteiger partial charge in [-0.2, -0.15) is 5.10 Å². The normalized spacial score (nSPS) is 14.9. The number of nitrogens with one attached hydrogen (secondary N) is 1. The SMILES string of the molecule is Cn1nc(C(=O)N(CC(=O)NCC2CCOCC2)Cc2ccccc2F)c2c1-c1cc(Cl)ccc1OC2. The van der Waals surface area contributed by atoms with Crippen LogP contribution in [0.1, 0.15) is 34.5 Å². The molecule has 0 atom stereocenters. The van der Waals surface area contributed by atoms with Crippen LogP contribution in [0.25, 0.3) is 11.3 Å². The van der Waals surface area contributed by atoms with E-state index < -0.39 is 11.7 Å². The Bertz CT molecular complexity index is 1320. The van der Waals surface area contributed by atoms with Crippen molar-refractivity contribution in [2.45, 2.75) is 26.0 Å². The first-order valence-electron chi connectivity index (χ1n) is 12.3. The second-order valence-electron chi connectivity index (χ2n) is 9.34. The summed E-state index contributed by atoms with van der Waals surface area (Å²) in [6.07, 6.45) is 1.76. The van der Waals surface area contributed by atoms with Crippen LogP contribution in [0.5, 0.6) is 5.75 Å². The van der Waals surface area contributed by atoms with Crippen molar-refractivity contribution in [3.8, 4) is 17.0 Å². The zero-order chi connectivity index (χ0) is 25.9. The average molecular weight is 527 g/mol. The molecule has 1 N–H and O–H groups in total. The van der Waals surface area contributed by atoms with Crippen molar-refractivity contribution in [2.24, 2.45) is 13.0 Å². The van der Waals surface area contributed by atoms with Crippen molar-refractivity contribution >= 4 is 23.4 Å². The summed E-state index contributed by atoms with van der Waals surface area (Å²) in [7, 11) is 1.74. The molecule has 1 fully saturated rings. The van der Waals surface area contributed by atoms with Gasteiger partial charge in [0.1, 0.15) is 24.7 Å². The van der Waals surface area contributed by atoms with E-state index in [4.69, 9.17) is 21.1 Å². The van der Waals surface area contributed by atoms with Gasteiger partial charge in [-0.05, 0) is 43.0 Å². The number of fused-ring (bicyclic) bond motifs is 3. The number of ether oxygens (including phenoxy) is 2. The number of halogens is 2. The van der Waals surface area contributed by atoms with Gasteiger partial charge >= 0.3 is 0 Å². The van der Waals surface area contributed by atoms with Gasteiger partial charge in [-0.15, -0.1) is 0 Å². The molecule has 1 aromatic heterocycles. The molecule has 37 heavy (non-hydrogen) atoms. The van der Waals surface area contributed by atoms with E-state index in [0.717, 1.165) is 24.1 Å². The lowest BCUT2D eigenvalue weighted by atomic mass is 10.0. The third-order valence-electron chi connectivity index (χ3n) is 6.79. The van der Waals surface area contributed by atoms with Gasteiger partial charge in [-0.3, -0.25) is 14.3 Å². The molecular formula is C27H28ClFN4O4. The van der Waals surface area contributed by atoms with Crippen molar-refractivity contribution in [3.05, 3.63) is 70.1 Å². The number of aryl methyl sites for hydroxylation is 1. The summed E-state index contributed by atoms with van der Waals surface area (Å²) in [5.41, 5.74) is 2.53. The molecule has 0 unspecified atom stereocenters. The van der Waals surface area contributed by atoms with Crippen molar-refractivity contribution in [1.82, 2.24) is 20.0 Å². The summed E-state index contributed by atoms with van der Waals surface area (Å²) in [6, 6.07) is 11.5. The molecule has 2 aliphatic heterocycles. The highest BCUT2D eigenvalue weighted by Gasteiger charge is 2.32. The van der Waals surface area contributed by atoms with E-state index in [0.29, 0.717) is 47.6 Å². The van der Waals surface area contributed by atoms with E-state index in [1.54, 1.807) is 48.1 Å². The zero-order valence-electron chi connectivity index (χ0n) is 20.5. The van der Waals surface area contributed by atoms with Crippen molar-refractivity contribution < 1.29 is 23.5 Å². The van der Waals surface area contributed by atoms with E-state index in [1.165, 1.54) is 11.0 Å². The number of hydrogen-bond donors (Lipinski definition) is 1. The first-order valence-corrected chi connectivity index (χ1v) is 12.6. The largest absolute Gasteiger partial charge is 0.488 e.